The maximum absolute atomic E-state index is 13.0. The number of carbonyl (C=O) groups excluding carboxylic acids is 1. The topological polar surface area (TPSA) is 68.6 Å². The summed E-state index contributed by atoms with van der Waals surface area (Å²) in [7, 11) is 0. The third-order valence-electron chi connectivity index (χ3n) is 5.68. The number of aromatic amines is 1. The lowest BCUT2D eigenvalue weighted by Gasteiger charge is -2.39. The molecule has 0 aliphatic carbocycles. The van der Waals surface area contributed by atoms with Gasteiger partial charge >= 0.3 is 0 Å². The number of hydrogen-bond acceptors (Lipinski definition) is 5. The van der Waals surface area contributed by atoms with Gasteiger partial charge in [-0.2, -0.15) is 5.10 Å². The Morgan fingerprint density at radius 1 is 1.27 bits per heavy atom. The summed E-state index contributed by atoms with van der Waals surface area (Å²) in [5.74, 6) is 0.680. The van der Waals surface area contributed by atoms with Gasteiger partial charge in [-0.05, 0) is 32.4 Å². The molecular formula is C19H27N5O2. The fraction of sp³-hybridized carbons (Fsp3) is 0.579. The third-order valence-corrected chi connectivity index (χ3v) is 5.68. The van der Waals surface area contributed by atoms with Crippen molar-refractivity contribution in [3.05, 3.63) is 30.2 Å². The lowest BCUT2D eigenvalue weighted by molar-refractivity contribution is 0.0700. The summed E-state index contributed by atoms with van der Waals surface area (Å²) in [5, 5.41) is 6.95. The van der Waals surface area contributed by atoms with Crippen molar-refractivity contribution in [3.63, 3.8) is 0 Å². The summed E-state index contributed by atoms with van der Waals surface area (Å²) in [6.07, 6.45) is 4.25. The molecule has 7 heteroatoms. The predicted molar refractivity (Wildman–Crippen MR) is 98.9 cm³/mol. The van der Waals surface area contributed by atoms with E-state index in [1.165, 1.54) is 0 Å². The van der Waals surface area contributed by atoms with Crippen LogP contribution in [0.15, 0.2) is 29.0 Å². The van der Waals surface area contributed by atoms with Crippen LogP contribution >= 0.6 is 0 Å². The molecule has 2 fully saturated rings. The van der Waals surface area contributed by atoms with E-state index >= 15 is 0 Å². The first-order valence-corrected chi connectivity index (χ1v) is 9.48. The molecule has 4 heterocycles. The van der Waals surface area contributed by atoms with Crippen molar-refractivity contribution < 1.29 is 9.21 Å². The second kappa shape index (κ2) is 7.25. The minimum atomic E-state index is 0.0356. The van der Waals surface area contributed by atoms with Crippen molar-refractivity contribution in [2.45, 2.75) is 32.4 Å². The summed E-state index contributed by atoms with van der Waals surface area (Å²) in [6.45, 7) is 10.5. The van der Waals surface area contributed by atoms with Crippen LogP contribution in [0.25, 0.3) is 11.5 Å². The number of piperazine rings is 1. The summed E-state index contributed by atoms with van der Waals surface area (Å²) in [5.41, 5.74) is 1.25. The molecule has 1 unspecified atom stereocenters. The van der Waals surface area contributed by atoms with Gasteiger partial charge in [0.05, 0.1) is 18.0 Å². The van der Waals surface area contributed by atoms with Crippen LogP contribution in [-0.2, 0) is 0 Å². The molecule has 0 bridgehead atoms. The van der Waals surface area contributed by atoms with Gasteiger partial charge in [-0.3, -0.25) is 19.7 Å². The number of H-pyrrole nitrogens is 1. The maximum Gasteiger partial charge on any atom is 0.257 e. The molecule has 1 amide bonds. The molecule has 26 heavy (non-hydrogen) atoms. The molecule has 1 N–H and O–H groups in total. The van der Waals surface area contributed by atoms with E-state index < -0.39 is 0 Å². The van der Waals surface area contributed by atoms with E-state index in [1.54, 1.807) is 12.5 Å². The molecule has 2 aliphatic heterocycles. The van der Waals surface area contributed by atoms with Crippen LogP contribution in [0.1, 0.15) is 30.6 Å². The largest absolute Gasteiger partial charge is 0.463 e. The van der Waals surface area contributed by atoms with Crippen molar-refractivity contribution in [1.29, 1.82) is 0 Å². The lowest BCUT2D eigenvalue weighted by Crippen LogP contribution is -2.52. The van der Waals surface area contributed by atoms with E-state index in [9.17, 15) is 4.79 Å². The first-order valence-electron chi connectivity index (χ1n) is 9.48. The minimum Gasteiger partial charge on any atom is -0.463 e. The molecular weight excluding hydrogens is 330 g/mol. The number of nitrogens with one attached hydrogen (secondary N) is 1. The zero-order valence-electron chi connectivity index (χ0n) is 15.5. The van der Waals surface area contributed by atoms with Gasteiger partial charge in [-0.25, -0.2) is 0 Å². The van der Waals surface area contributed by atoms with Crippen molar-refractivity contribution in [2.24, 2.45) is 0 Å². The van der Waals surface area contributed by atoms with Crippen LogP contribution in [0.3, 0.4) is 0 Å². The highest BCUT2D eigenvalue weighted by Crippen LogP contribution is 2.25. The van der Waals surface area contributed by atoms with Gasteiger partial charge in [0.2, 0.25) is 0 Å². The van der Waals surface area contributed by atoms with Crippen molar-refractivity contribution in [3.8, 4) is 11.5 Å². The molecule has 4 rings (SSSR count). The average molecular weight is 357 g/mol. The molecule has 2 aromatic rings. The van der Waals surface area contributed by atoms with E-state index in [0.29, 0.717) is 29.1 Å². The molecule has 2 saturated heterocycles. The number of furan rings is 1. The number of amides is 1. The zero-order valence-corrected chi connectivity index (χ0v) is 15.5. The molecule has 1 atom stereocenters. The summed E-state index contributed by atoms with van der Waals surface area (Å²) in [6, 6.07) is 4.73. The lowest BCUT2D eigenvalue weighted by atomic mass is 10.1. The Labute approximate surface area is 153 Å². The monoisotopic (exact) mass is 357 g/mol. The first kappa shape index (κ1) is 17.3. The van der Waals surface area contributed by atoms with Crippen molar-refractivity contribution in [2.75, 3.05) is 39.3 Å². The zero-order chi connectivity index (χ0) is 18.1. The molecule has 0 spiro atoms. The number of nitrogens with zero attached hydrogens (tertiary/aromatic N) is 4. The molecule has 7 nitrogen and oxygen atoms in total. The summed E-state index contributed by atoms with van der Waals surface area (Å²) < 4.78 is 5.42. The van der Waals surface area contributed by atoms with Gasteiger partial charge < -0.3 is 9.32 Å². The average Bonchev–Trinajstić information content (AvgIpc) is 3.41. The maximum atomic E-state index is 13.0. The highest BCUT2D eigenvalue weighted by Gasteiger charge is 2.34. The predicted octanol–water partition coefficient (Wildman–Crippen LogP) is 1.91. The highest BCUT2D eigenvalue weighted by molar-refractivity contribution is 5.99. The number of rotatable bonds is 4. The highest BCUT2D eigenvalue weighted by atomic mass is 16.3. The Bertz CT molecular complexity index is 731. The number of carbonyl (C=O) groups is 1. The van der Waals surface area contributed by atoms with Crippen LogP contribution in [0.2, 0.25) is 0 Å². The standard InChI is InChI=1S/C19H27N5O2/c1-14(2)22-7-9-23(10-8-22)15-5-6-24(13-15)19(25)16-12-20-21-18(16)17-4-3-11-26-17/h3-4,11-12,14-15H,5-10,13H2,1-2H3,(H,20,21). The van der Waals surface area contributed by atoms with Gasteiger partial charge in [-0.15, -0.1) is 0 Å². The molecule has 0 radical (unpaired) electrons. The number of hydrogen-bond donors (Lipinski definition) is 1. The van der Waals surface area contributed by atoms with Gasteiger partial charge in [-0.1, -0.05) is 0 Å². The number of aromatic nitrogens is 2. The van der Waals surface area contributed by atoms with E-state index in [1.807, 2.05) is 17.0 Å². The second-order valence-corrected chi connectivity index (χ2v) is 7.50. The fourth-order valence-corrected chi connectivity index (χ4v) is 4.07. The Morgan fingerprint density at radius 3 is 2.77 bits per heavy atom. The van der Waals surface area contributed by atoms with Crippen molar-refractivity contribution >= 4 is 5.91 Å². The molecule has 2 aromatic heterocycles. The van der Waals surface area contributed by atoms with Gasteiger partial charge in [0.25, 0.3) is 5.91 Å². The minimum absolute atomic E-state index is 0.0356. The Hall–Kier alpha value is -2.12. The van der Waals surface area contributed by atoms with E-state index in [-0.39, 0.29) is 5.91 Å². The normalized spacial score (nSPS) is 22.4. The van der Waals surface area contributed by atoms with Crippen LogP contribution in [0, 0.1) is 0 Å². The molecule has 2 aliphatic rings. The molecule has 0 aromatic carbocycles. The Balaban J connectivity index is 1.39. The van der Waals surface area contributed by atoms with Gasteiger partial charge in [0.1, 0.15) is 5.69 Å². The van der Waals surface area contributed by atoms with Crippen molar-refractivity contribution in [1.82, 2.24) is 24.9 Å². The molecule has 0 saturated carbocycles. The smallest absolute Gasteiger partial charge is 0.257 e. The van der Waals surface area contributed by atoms with Crippen LogP contribution in [0.4, 0.5) is 0 Å². The van der Waals surface area contributed by atoms with E-state index in [4.69, 9.17) is 4.42 Å². The summed E-state index contributed by atoms with van der Waals surface area (Å²) in [4.78, 5) is 20.0. The Kier molecular flexibility index (Phi) is 4.82. The van der Waals surface area contributed by atoms with Crippen LogP contribution in [0.5, 0.6) is 0 Å². The van der Waals surface area contributed by atoms with Gasteiger partial charge in [0.15, 0.2) is 5.76 Å². The first-order chi connectivity index (χ1) is 12.6. The molecule has 140 valence electrons. The SMILES string of the molecule is CC(C)N1CCN(C2CCN(C(=O)c3cn[nH]c3-c3ccco3)C2)CC1. The van der Waals surface area contributed by atoms with E-state index in [2.05, 4.69) is 33.8 Å². The van der Waals surface area contributed by atoms with E-state index in [0.717, 1.165) is 45.7 Å². The number of likely N-dealkylation sites (tertiary alicyclic amines) is 1. The fourth-order valence-electron chi connectivity index (χ4n) is 4.07. The van der Waals surface area contributed by atoms with Crippen LogP contribution < -0.4 is 0 Å². The van der Waals surface area contributed by atoms with Gasteiger partial charge in [0, 0.05) is 51.4 Å². The summed E-state index contributed by atoms with van der Waals surface area (Å²) >= 11 is 0. The third kappa shape index (κ3) is 3.29. The Morgan fingerprint density at radius 2 is 2.08 bits per heavy atom. The quantitative estimate of drug-likeness (QED) is 0.905. The van der Waals surface area contributed by atoms with Crippen LogP contribution in [-0.4, -0.2) is 82.2 Å². The second-order valence-electron chi connectivity index (χ2n) is 7.50.